The highest BCUT2D eigenvalue weighted by Gasteiger charge is 2.30. The first-order valence-corrected chi connectivity index (χ1v) is 5.84. The number of halogens is 1. The van der Waals surface area contributed by atoms with E-state index < -0.39 is 5.54 Å². The molecule has 0 heterocycles. The summed E-state index contributed by atoms with van der Waals surface area (Å²) < 4.78 is 13.5. The van der Waals surface area contributed by atoms with Gasteiger partial charge in [-0.25, -0.2) is 4.39 Å². The Morgan fingerprint density at radius 1 is 1.41 bits per heavy atom. The topological polar surface area (TPSA) is 20.3 Å². The monoisotopic (exact) mass is 237 g/mol. The molecule has 2 nitrogen and oxygen atoms in total. The van der Waals surface area contributed by atoms with Crippen molar-refractivity contribution < 1.29 is 9.18 Å². The van der Waals surface area contributed by atoms with Crippen molar-refractivity contribution in [3.05, 3.63) is 29.6 Å². The minimum absolute atomic E-state index is 0.140. The Labute approximate surface area is 102 Å². The van der Waals surface area contributed by atoms with Crippen molar-refractivity contribution in [3.8, 4) is 0 Å². The van der Waals surface area contributed by atoms with Crippen LogP contribution in [0.15, 0.2) is 18.2 Å². The Bertz CT molecular complexity index is 426. The molecule has 0 amide bonds. The Kier molecular flexibility index (Phi) is 3.91. The van der Waals surface area contributed by atoms with Gasteiger partial charge in [0.2, 0.25) is 0 Å². The van der Waals surface area contributed by atoms with Crippen LogP contribution in [0.4, 0.5) is 10.1 Å². The van der Waals surface area contributed by atoms with E-state index in [-0.39, 0.29) is 11.6 Å². The summed E-state index contributed by atoms with van der Waals surface area (Å²) in [6, 6.07) is 5.04. The van der Waals surface area contributed by atoms with Crippen LogP contribution in [-0.4, -0.2) is 18.4 Å². The second-order valence-electron chi connectivity index (χ2n) is 4.83. The maximum absolute atomic E-state index is 13.5. The summed E-state index contributed by atoms with van der Waals surface area (Å²) in [5.74, 6) is -0.102. The zero-order valence-electron chi connectivity index (χ0n) is 11.2. The fourth-order valence-corrected chi connectivity index (χ4v) is 1.73. The lowest BCUT2D eigenvalue weighted by Gasteiger charge is -2.36. The smallest absolute Gasteiger partial charge is 0.157 e. The van der Waals surface area contributed by atoms with Gasteiger partial charge >= 0.3 is 0 Å². The number of Topliss-reactive ketones (excluding diaryl/α,β-unsaturated/α-hetero) is 1. The highest BCUT2D eigenvalue weighted by molar-refractivity contribution is 5.90. The third-order valence-corrected chi connectivity index (χ3v) is 3.38. The van der Waals surface area contributed by atoms with Gasteiger partial charge in [-0.15, -0.1) is 0 Å². The first kappa shape index (κ1) is 13.7. The van der Waals surface area contributed by atoms with Crippen LogP contribution in [-0.2, 0) is 4.79 Å². The van der Waals surface area contributed by atoms with Crippen LogP contribution in [0.1, 0.15) is 32.8 Å². The second kappa shape index (κ2) is 4.86. The van der Waals surface area contributed by atoms with Crippen LogP contribution < -0.4 is 4.90 Å². The summed E-state index contributed by atoms with van der Waals surface area (Å²) in [5.41, 5.74) is 0.720. The van der Waals surface area contributed by atoms with Gasteiger partial charge in [0.1, 0.15) is 5.82 Å². The third-order valence-electron chi connectivity index (χ3n) is 3.38. The SMILES string of the molecule is CCC(=O)C(C)(C)N(C)c1ccc(C)c(F)c1. The maximum Gasteiger partial charge on any atom is 0.157 e. The van der Waals surface area contributed by atoms with Crippen LogP contribution >= 0.6 is 0 Å². The highest BCUT2D eigenvalue weighted by atomic mass is 19.1. The van der Waals surface area contributed by atoms with Crippen molar-refractivity contribution in [1.82, 2.24) is 0 Å². The van der Waals surface area contributed by atoms with Crippen LogP contribution in [0.5, 0.6) is 0 Å². The van der Waals surface area contributed by atoms with Crippen LogP contribution in [0.3, 0.4) is 0 Å². The quantitative estimate of drug-likeness (QED) is 0.800. The van der Waals surface area contributed by atoms with Gasteiger partial charge in [-0.2, -0.15) is 0 Å². The van der Waals surface area contributed by atoms with E-state index in [9.17, 15) is 9.18 Å². The number of ketones is 1. The van der Waals surface area contributed by atoms with Crippen molar-refractivity contribution in [2.24, 2.45) is 0 Å². The number of benzene rings is 1. The summed E-state index contributed by atoms with van der Waals surface area (Å²) in [6.07, 6.45) is 0.478. The van der Waals surface area contributed by atoms with E-state index in [4.69, 9.17) is 0 Å². The molecule has 0 saturated heterocycles. The van der Waals surface area contributed by atoms with Gasteiger partial charge in [0.25, 0.3) is 0 Å². The first-order valence-electron chi connectivity index (χ1n) is 5.84. The molecule has 0 bridgehead atoms. The molecular weight excluding hydrogens is 217 g/mol. The van der Waals surface area contributed by atoms with Crippen LogP contribution in [0.25, 0.3) is 0 Å². The average molecular weight is 237 g/mol. The van der Waals surface area contributed by atoms with Crippen molar-refractivity contribution in [2.75, 3.05) is 11.9 Å². The molecule has 0 saturated carbocycles. The molecule has 1 aromatic rings. The summed E-state index contributed by atoms with van der Waals surface area (Å²) in [4.78, 5) is 13.7. The van der Waals surface area contributed by atoms with Crippen LogP contribution in [0.2, 0.25) is 0 Å². The van der Waals surface area contributed by atoms with Gasteiger partial charge in [-0.3, -0.25) is 4.79 Å². The van der Waals surface area contributed by atoms with Gasteiger partial charge in [-0.05, 0) is 38.5 Å². The lowest BCUT2D eigenvalue weighted by Crippen LogP contribution is -2.48. The summed E-state index contributed by atoms with van der Waals surface area (Å²) in [7, 11) is 1.82. The lowest BCUT2D eigenvalue weighted by atomic mass is 9.94. The molecule has 0 aliphatic rings. The summed E-state index contributed by atoms with van der Waals surface area (Å²) >= 11 is 0. The largest absolute Gasteiger partial charge is 0.362 e. The molecule has 0 spiro atoms. The van der Waals surface area contributed by atoms with Crippen molar-refractivity contribution in [2.45, 2.75) is 39.7 Å². The third kappa shape index (κ3) is 2.65. The predicted molar refractivity (Wildman–Crippen MR) is 68.9 cm³/mol. The highest BCUT2D eigenvalue weighted by Crippen LogP contribution is 2.25. The van der Waals surface area contributed by atoms with Crippen molar-refractivity contribution >= 4 is 11.5 Å². The molecule has 3 heteroatoms. The number of hydrogen-bond donors (Lipinski definition) is 0. The molecule has 1 rings (SSSR count). The van der Waals surface area contributed by atoms with Crippen molar-refractivity contribution in [1.29, 1.82) is 0 Å². The molecule has 0 unspecified atom stereocenters. The maximum atomic E-state index is 13.5. The van der Waals surface area contributed by atoms with E-state index in [2.05, 4.69) is 0 Å². The average Bonchev–Trinajstić information content (AvgIpc) is 2.30. The Morgan fingerprint density at radius 3 is 2.47 bits per heavy atom. The van der Waals surface area contributed by atoms with Crippen molar-refractivity contribution in [3.63, 3.8) is 0 Å². The van der Waals surface area contributed by atoms with E-state index in [0.29, 0.717) is 12.0 Å². The summed E-state index contributed by atoms with van der Waals surface area (Å²) in [6.45, 7) is 7.28. The Hall–Kier alpha value is -1.38. The van der Waals surface area contributed by atoms with Gasteiger partial charge in [0.15, 0.2) is 5.78 Å². The number of aryl methyl sites for hydroxylation is 1. The fourth-order valence-electron chi connectivity index (χ4n) is 1.73. The number of rotatable bonds is 4. The molecule has 1 aromatic carbocycles. The molecule has 0 N–H and O–H groups in total. The van der Waals surface area contributed by atoms with E-state index in [1.165, 1.54) is 6.07 Å². The standard InChI is InChI=1S/C14H20FNO/c1-6-13(17)14(3,4)16(5)11-8-7-10(2)12(15)9-11/h7-9H,6H2,1-5H3. The van der Waals surface area contributed by atoms with Gasteiger partial charge in [-0.1, -0.05) is 13.0 Å². The van der Waals surface area contributed by atoms with E-state index in [1.807, 2.05) is 38.8 Å². The van der Waals surface area contributed by atoms with E-state index in [0.717, 1.165) is 5.69 Å². The lowest BCUT2D eigenvalue weighted by molar-refractivity contribution is -0.122. The molecule has 0 aromatic heterocycles. The predicted octanol–water partition coefficient (Wildman–Crippen LogP) is 3.33. The van der Waals surface area contributed by atoms with Gasteiger partial charge in [0, 0.05) is 19.2 Å². The summed E-state index contributed by atoms with van der Waals surface area (Å²) in [5, 5.41) is 0. The molecule has 0 aliphatic heterocycles. The number of carbonyl (C=O) groups is 1. The molecule has 0 atom stereocenters. The number of anilines is 1. The molecule has 94 valence electrons. The Balaban J connectivity index is 3.07. The zero-order valence-corrected chi connectivity index (χ0v) is 11.2. The van der Waals surface area contributed by atoms with E-state index in [1.54, 1.807) is 13.0 Å². The number of nitrogens with zero attached hydrogens (tertiary/aromatic N) is 1. The number of hydrogen-bond acceptors (Lipinski definition) is 2. The molecular formula is C14H20FNO. The minimum Gasteiger partial charge on any atom is -0.362 e. The molecule has 0 radical (unpaired) electrons. The molecule has 0 fully saturated rings. The van der Waals surface area contributed by atoms with E-state index >= 15 is 0 Å². The normalized spacial score (nSPS) is 11.4. The van der Waals surface area contributed by atoms with Gasteiger partial charge in [0.05, 0.1) is 5.54 Å². The number of carbonyl (C=O) groups excluding carboxylic acids is 1. The van der Waals surface area contributed by atoms with Crippen LogP contribution in [0, 0.1) is 12.7 Å². The fraction of sp³-hybridized carbons (Fsp3) is 0.500. The second-order valence-corrected chi connectivity index (χ2v) is 4.83. The Morgan fingerprint density at radius 2 is 2.00 bits per heavy atom. The molecule has 0 aliphatic carbocycles. The molecule has 17 heavy (non-hydrogen) atoms. The zero-order chi connectivity index (χ0) is 13.2. The number of likely N-dealkylation sites (N-methyl/N-ethyl adjacent to an activating group) is 1. The first-order chi connectivity index (χ1) is 7.80. The van der Waals surface area contributed by atoms with Gasteiger partial charge < -0.3 is 4.90 Å². The minimum atomic E-state index is -0.615.